The van der Waals surface area contributed by atoms with Crippen molar-refractivity contribution in [2.45, 2.75) is 55.8 Å². The van der Waals surface area contributed by atoms with Gasteiger partial charge in [0.15, 0.2) is 0 Å². The van der Waals surface area contributed by atoms with Gasteiger partial charge in [0, 0.05) is 14.6 Å². The Balaban J connectivity index is 2.03. The Morgan fingerprint density at radius 2 is 2.17 bits per heavy atom. The Morgan fingerprint density at radius 3 is 2.78 bits per heavy atom. The van der Waals surface area contributed by atoms with Gasteiger partial charge in [-0.05, 0) is 43.4 Å². The van der Waals surface area contributed by atoms with Crippen molar-refractivity contribution < 1.29 is 5.11 Å². The average Bonchev–Trinajstić information content (AvgIpc) is 2.28. The van der Waals surface area contributed by atoms with Gasteiger partial charge in [0.05, 0.1) is 6.10 Å². The van der Waals surface area contributed by atoms with Gasteiger partial charge in [0.2, 0.25) is 0 Å². The normalized spacial score (nSPS) is 26.0. The van der Waals surface area contributed by atoms with Gasteiger partial charge in [-0.1, -0.05) is 41.8 Å². The van der Waals surface area contributed by atoms with E-state index in [0.717, 1.165) is 21.2 Å². The Kier molecular flexibility index (Phi) is 5.16. The Hall–Kier alpha value is 0.01000. The summed E-state index contributed by atoms with van der Waals surface area (Å²) in [6.07, 6.45) is 5.02. The first-order valence-corrected chi connectivity index (χ1v) is 8.37. The van der Waals surface area contributed by atoms with Crippen LogP contribution in [0.25, 0.3) is 0 Å². The molecule has 1 aliphatic rings. The lowest BCUT2D eigenvalue weighted by molar-refractivity contribution is 0.198. The number of benzene rings is 1. The Morgan fingerprint density at radius 1 is 1.39 bits per heavy atom. The number of hydrogen-bond donors (Lipinski definition) is 1. The van der Waals surface area contributed by atoms with E-state index in [0.29, 0.717) is 0 Å². The summed E-state index contributed by atoms with van der Waals surface area (Å²) in [5, 5.41) is 10.4. The lowest BCUT2D eigenvalue weighted by Gasteiger charge is -2.26. The topological polar surface area (TPSA) is 20.2 Å². The highest BCUT2D eigenvalue weighted by Gasteiger charge is 2.20. The maximum absolute atomic E-state index is 9.61. The molecule has 0 spiro atoms. The molecule has 0 saturated heterocycles. The molecule has 1 fully saturated rings. The van der Waals surface area contributed by atoms with E-state index < -0.39 is 6.10 Å². The van der Waals surface area contributed by atoms with Gasteiger partial charge in [-0.25, -0.2) is 0 Å². The minimum Gasteiger partial charge on any atom is -0.389 e. The van der Waals surface area contributed by atoms with Gasteiger partial charge in [0.1, 0.15) is 0 Å². The fourth-order valence-electron chi connectivity index (χ4n) is 2.60. The predicted molar refractivity (Wildman–Crippen MR) is 82.1 cm³/mol. The lowest BCUT2D eigenvalue weighted by atomic mass is 9.91. The molecule has 2 unspecified atom stereocenters. The number of hydrogen-bond acceptors (Lipinski definition) is 2. The highest BCUT2D eigenvalue weighted by molar-refractivity contribution is 9.10. The molecule has 3 heteroatoms. The monoisotopic (exact) mass is 328 g/mol. The summed E-state index contributed by atoms with van der Waals surface area (Å²) >= 11 is 5.54. The molecule has 0 amide bonds. The van der Waals surface area contributed by atoms with E-state index in [1.807, 2.05) is 17.8 Å². The third kappa shape index (κ3) is 3.75. The first kappa shape index (κ1) is 14.4. The Labute approximate surface area is 122 Å². The number of aliphatic hydroxyl groups is 1. The summed E-state index contributed by atoms with van der Waals surface area (Å²) in [6, 6.07) is 6.31. The largest absolute Gasteiger partial charge is 0.389 e. The molecule has 3 atom stereocenters. The summed E-state index contributed by atoms with van der Waals surface area (Å²) in [7, 11) is 0. The highest BCUT2D eigenvalue weighted by Crippen LogP contribution is 2.37. The van der Waals surface area contributed by atoms with E-state index in [1.165, 1.54) is 30.6 Å². The molecule has 1 aromatic rings. The molecule has 0 bridgehead atoms. The molecule has 0 aliphatic heterocycles. The fraction of sp³-hybridized carbons (Fsp3) is 0.600. The van der Waals surface area contributed by atoms with Crippen LogP contribution in [0.5, 0.6) is 0 Å². The van der Waals surface area contributed by atoms with Crippen LogP contribution in [-0.4, -0.2) is 10.4 Å². The van der Waals surface area contributed by atoms with Crippen molar-refractivity contribution in [1.29, 1.82) is 0 Å². The van der Waals surface area contributed by atoms with E-state index >= 15 is 0 Å². The van der Waals surface area contributed by atoms with Crippen LogP contribution >= 0.6 is 27.7 Å². The summed E-state index contributed by atoms with van der Waals surface area (Å²) in [5.41, 5.74) is 0.969. The molecule has 1 nitrogen and oxygen atoms in total. The minimum absolute atomic E-state index is 0.409. The van der Waals surface area contributed by atoms with Crippen molar-refractivity contribution in [3.05, 3.63) is 28.2 Å². The molecule has 2 rings (SSSR count). The number of halogens is 1. The summed E-state index contributed by atoms with van der Waals surface area (Å²) in [4.78, 5) is 1.31. The lowest BCUT2D eigenvalue weighted by Crippen LogP contribution is -2.14. The maximum atomic E-state index is 9.61. The minimum atomic E-state index is -0.409. The predicted octanol–water partition coefficient (Wildman–Crippen LogP) is 5.17. The summed E-state index contributed by atoms with van der Waals surface area (Å²) in [5.74, 6) is 0.872. The van der Waals surface area contributed by atoms with E-state index in [-0.39, 0.29) is 0 Å². The second-order valence-electron chi connectivity index (χ2n) is 5.37. The third-order valence-electron chi connectivity index (χ3n) is 3.61. The van der Waals surface area contributed by atoms with Crippen molar-refractivity contribution in [1.82, 2.24) is 0 Å². The van der Waals surface area contributed by atoms with Crippen LogP contribution < -0.4 is 0 Å². The van der Waals surface area contributed by atoms with Crippen molar-refractivity contribution in [2.24, 2.45) is 5.92 Å². The van der Waals surface area contributed by atoms with E-state index in [1.54, 1.807) is 6.92 Å². The van der Waals surface area contributed by atoms with Crippen LogP contribution in [-0.2, 0) is 0 Å². The Bertz CT molecular complexity index is 405. The SMILES string of the molecule is CC1CCCC(Sc2ccc([C@H](C)O)c(Br)c2)C1. The zero-order valence-electron chi connectivity index (χ0n) is 11.0. The van der Waals surface area contributed by atoms with Crippen LogP contribution in [0.1, 0.15) is 51.2 Å². The molecule has 1 saturated carbocycles. The van der Waals surface area contributed by atoms with Crippen molar-refractivity contribution in [3.63, 3.8) is 0 Å². The molecule has 100 valence electrons. The maximum Gasteiger partial charge on any atom is 0.0772 e. The summed E-state index contributed by atoms with van der Waals surface area (Å²) in [6.45, 7) is 4.16. The second-order valence-corrected chi connectivity index (χ2v) is 7.60. The second kappa shape index (κ2) is 6.44. The van der Waals surface area contributed by atoms with Gasteiger partial charge >= 0.3 is 0 Å². The molecular weight excluding hydrogens is 308 g/mol. The molecule has 1 aromatic carbocycles. The van der Waals surface area contributed by atoms with E-state index in [4.69, 9.17) is 0 Å². The highest BCUT2D eigenvalue weighted by atomic mass is 79.9. The fourth-order valence-corrected chi connectivity index (χ4v) is 4.89. The number of aliphatic hydroxyl groups excluding tert-OH is 1. The van der Waals surface area contributed by atoms with Crippen molar-refractivity contribution >= 4 is 27.7 Å². The molecule has 1 aliphatic carbocycles. The van der Waals surface area contributed by atoms with Crippen LogP contribution in [0.3, 0.4) is 0 Å². The zero-order chi connectivity index (χ0) is 13.1. The number of rotatable bonds is 3. The van der Waals surface area contributed by atoms with Gasteiger partial charge in [0.25, 0.3) is 0 Å². The number of thioether (sulfide) groups is 1. The zero-order valence-corrected chi connectivity index (χ0v) is 13.4. The molecule has 0 heterocycles. The van der Waals surface area contributed by atoms with Crippen LogP contribution in [0.4, 0.5) is 0 Å². The van der Waals surface area contributed by atoms with Crippen LogP contribution in [0, 0.1) is 5.92 Å². The average molecular weight is 329 g/mol. The smallest absolute Gasteiger partial charge is 0.0772 e. The molecule has 1 N–H and O–H groups in total. The van der Waals surface area contributed by atoms with Gasteiger partial charge in [-0.15, -0.1) is 11.8 Å². The molecule has 0 radical (unpaired) electrons. The van der Waals surface area contributed by atoms with Crippen LogP contribution in [0.2, 0.25) is 0 Å². The quantitative estimate of drug-likeness (QED) is 0.825. The van der Waals surface area contributed by atoms with E-state index in [9.17, 15) is 5.11 Å². The summed E-state index contributed by atoms with van der Waals surface area (Å²) < 4.78 is 1.02. The van der Waals surface area contributed by atoms with Gasteiger partial charge in [-0.2, -0.15) is 0 Å². The first-order valence-electron chi connectivity index (χ1n) is 6.70. The molecule has 18 heavy (non-hydrogen) atoms. The van der Waals surface area contributed by atoms with Gasteiger partial charge in [-0.3, -0.25) is 0 Å². The van der Waals surface area contributed by atoms with Crippen LogP contribution in [0.15, 0.2) is 27.6 Å². The third-order valence-corrected chi connectivity index (χ3v) is 5.59. The van der Waals surface area contributed by atoms with Crippen molar-refractivity contribution in [3.8, 4) is 0 Å². The first-order chi connectivity index (χ1) is 8.56. The molecule has 0 aromatic heterocycles. The molecular formula is C15H21BrOS. The van der Waals surface area contributed by atoms with Crippen molar-refractivity contribution in [2.75, 3.05) is 0 Å². The van der Waals surface area contributed by atoms with Gasteiger partial charge < -0.3 is 5.11 Å². The van der Waals surface area contributed by atoms with E-state index in [2.05, 4.69) is 35.0 Å². The standard InChI is InChI=1S/C15H21BrOS/c1-10-4-3-5-12(8-10)18-13-6-7-14(11(2)17)15(16)9-13/h6-7,9-12,17H,3-5,8H2,1-2H3/t10?,11-,12?/m0/s1.